The molecule has 0 radical (unpaired) electrons. The zero-order valence-electron chi connectivity index (χ0n) is 20.6. The van der Waals surface area contributed by atoms with Crippen LogP contribution < -0.4 is 0 Å². The van der Waals surface area contributed by atoms with E-state index in [9.17, 15) is 0 Å². The van der Waals surface area contributed by atoms with E-state index < -0.39 is 0 Å². The third kappa shape index (κ3) is 4.06. The molecule has 0 unspecified atom stereocenters. The number of nitrogens with zero attached hydrogens (tertiary/aromatic N) is 1. The molecule has 1 heterocycles. The molecule has 162 valence electrons. The number of hydrogen-bond donors (Lipinski definition) is 0. The molecule has 0 aliphatic heterocycles. The third-order valence-corrected chi connectivity index (χ3v) is 7.82. The highest BCUT2D eigenvalue weighted by Gasteiger charge is 2.39. The minimum Gasteiger partial charge on any atom is -0.440 e. The number of rotatable bonds is 4. The normalized spacial score (nSPS) is 13.8. The van der Waals surface area contributed by atoms with E-state index in [1.165, 1.54) is 16.7 Å². The highest BCUT2D eigenvalue weighted by atomic mass is 16.3. The number of benzene rings is 2. The van der Waals surface area contributed by atoms with E-state index in [0.29, 0.717) is 0 Å². The first-order valence-corrected chi connectivity index (χ1v) is 11.1. The predicted octanol–water partition coefficient (Wildman–Crippen LogP) is 8.07. The van der Waals surface area contributed by atoms with Gasteiger partial charge in [-0.3, -0.25) is 0 Å². The van der Waals surface area contributed by atoms with Gasteiger partial charge in [-0.05, 0) is 51.5 Å². The van der Waals surface area contributed by atoms with Crippen LogP contribution >= 0.6 is 0 Å². The largest absolute Gasteiger partial charge is 0.440 e. The second kappa shape index (κ2) is 7.25. The van der Waals surface area contributed by atoms with Crippen molar-refractivity contribution in [2.75, 3.05) is 0 Å². The van der Waals surface area contributed by atoms with Gasteiger partial charge in [0.25, 0.3) is 0 Å². The Bertz CT molecular complexity index is 1020. The van der Waals surface area contributed by atoms with Gasteiger partial charge in [-0.25, -0.2) is 4.98 Å². The molecular weight excluding hydrogens is 366 g/mol. The highest BCUT2D eigenvalue weighted by Crippen LogP contribution is 2.42. The Morgan fingerprint density at radius 3 is 1.73 bits per heavy atom. The fraction of sp³-hybridized carbons (Fsp3) is 0.536. The van der Waals surface area contributed by atoms with E-state index in [-0.39, 0.29) is 21.7 Å². The molecule has 2 heteroatoms. The summed E-state index contributed by atoms with van der Waals surface area (Å²) < 4.78 is 6.14. The van der Waals surface area contributed by atoms with Gasteiger partial charge >= 0.3 is 0 Å². The fourth-order valence-corrected chi connectivity index (χ4v) is 3.38. The van der Waals surface area contributed by atoms with E-state index in [4.69, 9.17) is 9.40 Å². The number of fused-ring (bicyclic) bond motifs is 1. The van der Waals surface area contributed by atoms with Gasteiger partial charge in [0.1, 0.15) is 5.52 Å². The maximum absolute atomic E-state index is 6.14. The van der Waals surface area contributed by atoms with Gasteiger partial charge < -0.3 is 4.42 Å². The average Bonchev–Trinajstić information content (AvgIpc) is 3.04. The molecule has 0 saturated heterocycles. The van der Waals surface area contributed by atoms with Crippen LogP contribution in [0.3, 0.4) is 0 Å². The van der Waals surface area contributed by atoms with Gasteiger partial charge in [0.15, 0.2) is 5.58 Å². The molecule has 0 aliphatic rings. The first-order chi connectivity index (χ1) is 13.6. The van der Waals surface area contributed by atoms with E-state index >= 15 is 0 Å². The standard InChI is InChI=1S/C28H39NO/c1-25(2,3)27(7,8)21-14-11-19(12-15-21)17-20-13-16-23-22(18-20)29-24(30-23)28(9,10)26(4,5)6/h11-16,18H,17H2,1-10H3. The zero-order valence-corrected chi connectivity index (χ0v) is 20.6. The van der Waals surface area contributed by atoms with Crippen molar-refractivity contribution in [3.63, 3.8) is 0 Å². The van der Waals surface area contributed by atoms with Gasteiger partial charge in [-0.15, -0.1) is 0 Å². The van der Waals surface area contributed by atoms with Crippen molar-refractivity contribution in [2.45, 2.75) is 86.5 Å². The lowest BCUT2D eigenvalue weighted by Crippen LogP contribution is -2.34. The molecule has 0 spiro atoms. The van der Waals surface area contributed by atoms with Gasteiger partial charge in [-0.2, -0.15) is 0 Å². The lowest BCUT2D eigenvalue weighted by molar-refractivity contribution is 0.185. The lowest BCUT2D eigenvalue weighted by atomic mass is 9.65. The Morgan fingerprint density at radius 1 is 0.667 bits per heavy atom. The molecule has 2 nitrogen and oxygen atoms in total. The van der Waals surface area contributed by atoms with E-state index in [1.807, 2.05) is 0 Å². The summed E-state index contributed by atoms with van der Waals surface area (Å²) in [6, 6.07) is 15.5. The van der Waals surface area contributed by atoms with Crippen molar-refractivity contribution in [2.24, 2.45) is 10.8 Å². The molecule has 2 aromatic carbocycles. The van der Waals surface area contributed by atoms with Crippen LogP contribution in [0.1, 0.15) is 91.8 Å². The van der Waals surface area contributed by atoms with Gasteiger partial charge in [-0.1, -0.05) is 99.6 Å². The Morgan fingerprint density at radius 2 is 1.20 bits per heavy atom. The molecular formula is C28H39NO. The molecule has 0 amide bonds. The molecule has 0 N–H and O–H groups in total. The summed E-state index contributed by atoms with van der Waals surface area (Å²) in [6.45, 7) is 22.7. The van der Waals surface area contributed by atoms with Crippen LogP contribution in [0.2, 0.25) is 0 Å². The van der Waals surface area contributed by atoms with Crippen LogP contribution in [0.4, 0.5) is 0 Å². The van der Waals surface area contributed by atoms with Crippen LogP contribution in [0.25, 0.3) is 11.1 Å². The first-order valence-electron chi connectivity index (χ1n) is 11.1. The average molecular weight is 406 g/mol. The van der Waals surface area contributed by atoms with Crippen molar-refractivity contribution in [1.29, 1.82) is 0 Å². The molecule has 0 atom stereocenters. The molecule has 3 rings (SSSR count). The maximum Gasteiger partial charge on any atom is 0.201 e. The minimum absolute atomic E-state index is 0.0687. The molecule has 30 heavy (non-hydrogen) atoms. The molecule has 3 aromatic rings. The minimum atomic E-state index is -0.137. The van der Waals surface area contributed by atoms with Crippen molar-refractivity contribution in [3.05, 3.63) is 65.0 Å². The first kappa shape index (κ1) is 22.6. The van der Waals surface area contributed by atoms with Crippen molar-refractivity contribution in [3.8, 4) is 0 Å². The summed E-state index contributed by atoms with van der Waals surface area (Å²) in [6.07, 6.45) is 0.900. The Balaban J connectivity index is 1.85. The summed E-state index contributed by atoms with van der Waals surface area (Å²) in [5.41, 5.74) is 6.06. The molecule has 0 fully saturated rings. The Kier molecular flexibility index (Phi) is 5.46. The van der Waals surface area contributed by atoms with Crippen LogP contribution in [0.5, 0.6) is 0 Å². The molecule has 0 saturated carbocycles. The van der Waals surface area contributed by atoms with Crippen molar-refractivity contribution < 1.29 is 4.42 Å². The fourth-order valence-electron chi connectivity index (χ4n) is 3.38. The Labute approximate surface area is 183 Å². The smallest absolute Gasteiger partial charge is 0.201 e. The summed E-state index contributed by atoms with van der Waals surface area (Å²) >= 11 is 0. The van der Waals surface area contributed by atoms with Gasteiger partial charge in [0.05, 0.1) is 0 Å². The highest BCUT2D eigenvalue weighted by molar-refractivity contribution is 5.73. The monoisotopic (exact) mass is 405 g/mol. The van der Waals surface area contributed by atoms with Crippen molar-refractivity contribution >= 4 is 11.1 Å². The van der Waals surface area contributed by atoms with Gasteiger partial charge in [0, 0.05) is 5.41 Å². The summed E-state index contributed by atoms with van der Waals surface area (Å²) in [4.78, 5) is 4.86. The SMILES string of the molecule is CC(C)(C)C(C)(C)c1ccc(Cc2ccc3oc(C(C)(C)C(C)(C)C)nc3c2)cc1. The molecule has 0 aliphatic carbocycles. The summed E-state index contributed by atoms with van der Waals surface area (Å²) in [5.74, 6) is 0.816. The molecule has 0 bridgehead atoms. The zero-order chi connectivity index (χ0) is 22.5. The van der Waals surface area contributed by atoms with E-state index in [1.54, 1.807) is 0 Å². The van der Waals surface area contributed by atoms with Crippen LogP contribution in [-0.4, -0.2) is 4.98 Å². The second-order valence-electron chi connectivity index (χ2n) is 11.9. The van der Waals surface area contributed by atoms with Crippen LogP contribution in [-0.2, 0) is 17.3 Å². The van der Waals surface area contributed by atoms with E-state index in [2.05, 4.69) is 112 Å². The second-order valence-corrected chi connectivity index (χ2v) is 11.9. The number of hydrogen-bond acceptors (Lipinski definition) is 2. The van der Waals surface area contributed by atoms with Crippen LogP contribution in [0.15, 0.2) is 46.9 Å². The quantitative estimate of drug-likeness (QED) is 0.438. The topological polar surface area (TPSA) is 26.0 Å². The number of oxazole rings is 1. The van der Waals surface area contributed by atoms with Crippen LogP contribution in [0, 0.1) is 10.8 Å². The Hall–Kier alpha value is -2.09. The summed E-state index contributed by atoms with van der Waals surface area (Å²) in [7, 11) is 0. The van der Waals surface area contributed by atoms with E-state index in [0.717, 1.165) is 23.4 Å². The van der Waals surface area contributed by atoms with Gasteiger partial charge in [0.2, 0.25) is 5.89 Å². The predicted molar refractivity (Wildman–Crippen MR) is 128 cm³/mol. The molecule has 1 aromatic heterocycles. The van der Waals surface area contributed by atoms with Crippen molar-refractivity contribution in [1.82, 2.24) is 4.98 Å². The number of aromatic nitrogens is 1. The lowest BCUT2D eigenvalue weighted by Gasteiger charge is -2.39. The third-order valence-electron chi connectivity index (χ3n) is 7.82. The maximum atomic E-state index is 6.14. The summed E-state index contributed by atoms with van der Waals surface area (Å²) in [5, 5.41) is 0.